The maximum Gasteiger partial charge on any atom is 0.0460 e. The molecule has 14 heavy (non-hydrogen) atoms. The summed E-state index contributed by atoms with van der Waals surface area (Å²) >= 11 is 0. The van der Waals surface area contributed by atoms with Crippen LogP contribution in [0.1, 0.15) is 33.1 Å². The van der Waals surface area contributed by atoms with Crippen molar-refractivity contribution in [1.29, 1.82) is 0 Å². The monoisotopic (exact) mass is 201 g/mol. The lowest BCUT2D eigenvalue weighted by Gasteiger charge is -2.18. The van der Waals surface area contributed by atoms with E-state index in [2.05, 4.69) is 17.2 Å². The topological polar surface area (TPSA) is 50.1 Å². The van der Waals surface area contributed by atoms with E-state index in [0.29, 0.717) is 6.04 Å². The second kappa shape index (κ2) is 12.5. The molecule has 1 atom stereocenters. The first-order valence-electron chi connectivity index (χ1n) is 5.50. The Kier molecular flexibility index (Phi) is 14.2. The average Bonchev–Trinajstić information content (AvgIpc) is 2.26. The van der Waals surface area contributed by atoms with E-state index in [0.717, 1.165) is 31.5 Å². The van der Waals surface area contributed by atoms with Crippen LogP contribution in [0.5, 0.6) is 0 Å². The van der Waals surface area contributed by atoms with E-state index in [1.165, 1.54) is 0 Å². The fraction of sp³-hybridized carbons (Fsp3) is 0.818. The molecular weight excluding hydrogens is 174 g/mol. The molecular formula is C11H27N3. The van der Waals surface area contributed by atoms with Crippen LogP contribution in [0.4, 0.5) is 0 Å². The first-order chi connectivity index (χ1) is 6.76. The highest BCUT2D eigenvalue weighted by molar-refractivity contribution is 5.01. The number of rotatable bonds is 7. The van der Waals surface area contributed by atoms with Gasteiger partial charge in [-0.25, -0.2) is 0 Å². The second-order valence-corrected chi connectivity index (χ2v) is 2.90. The SMILES string of the molecule is C=C(NC)C(CCCCN)NC.CC. The molecule has 0 rings (SSSR count). The van der Waals surface area contributed by atoms with Gasteiger partial charge in [-0.05, 0) is 26.4 Å². The number of hydrogen-bond acceptors (Lipinski definition) is 3. The van der Waals surface area contributed by atoms with Crippen LogP contribution >= 0.6 is 0 Å². The molecule has 0 saturated carbocycles. The zero-order valence-electron chi connectivity index (χ0n) is 10.2. The first kappa shape index (κ1) is 15.9. The van der Waals surface area contributed by atoms with Crippen LogP contribution < -0.4 is 16.4 Å². The molecule has 0 spiro atoms. The summed E-state index contributed by atoms with van der Waals surface area (Å²) < 4.78 is 0. The van der Waals surface area contributed by atoms with Gasteiger partial charge in [-0.3, -0.25) is 0 Å². The molecule has 0 aliphatic rings. The summed E-state index contributed by atoms with van der Waals surface area (Å²) in [6, 6.07) is 0.376. The van der Waals surface area contributed by atoms with Crippen molar-refractivity contribution in [1.82, 2.24) is 10.6 Å². The van der Waals surface area contributed by atoms with Gasteiger partial charge in [-0.1, -0.05) is 26.8 Å². The molecule has 0 aromatic carbocycles. The van der Waals surface area contributed by atoms with Gasteiger partial charge in [0.15, 0.2) is 0 Å². The van der Waals surface area contributed by atoms with Crippen LogP contribution in [0.15, 0.2) is 12.3 Å². The van der Waals surface area contributed by atoms with E-state index in [9.17, 15) is 0 Å². The summed E-state index contributed by atoms with van der Waals surface area (Å²) in [6.07, 6.45) is 3.35. The lowest BCUT2D eigenvalue weighted by molar-refractivity contribution is 0.531. The average molecular weight is 201 g/mol. The minimum Gasteiger partial charge on any atom is -0.391 e. The zero-order valence-corrected chi connectivity index (χ0v) is 10.2. The summed E-state index contributed by atoms with van der Waals surface area (Å²) in [5.74, 6) is 0. The number of likely N-dealkylation sites (N-methyl/N-ethyl adjacent to an activating group) is 2. The van der Waals surface area contributed by atoms with Gasteiger partial charge >= 0.3 is 0 Å². The summed E-state index contributed by atoms with van der Waals surface area (Å²) in [7, 11) is 3.85. The standard InChI is InChI=1S/C9H21N3.C2H6/c1-8(11-2)9(12-3)6-4-5-7-10;1-2/h9,11-12H,1,4-7,10H2,2-3H3;1-2H3. The van der Waals surface area contributed by atoms with Gasteiger partial charge in [0.1, 0.15) is 0 Å². The van der Waals surface area contributed by atoms with Crippen LogP contribution in [-0.4, -0.2) is 26.7 Å². The molecule has 0 heterocycles. The van der Waals surface area contributed by atoms with Gasteiger partial charge in [-0.2, -0.15) is 0 Å². The Morgan fingerprint density at radius 3 is 2.21 bits per heavy atom. The number of unbranched alkanes of at least 4 members (excludes halogenated alkanes) is 1. The van der Waals surface area contributed by atoms with Crippen molar-refractivity contribution in [2.75, 3.05) is 20.6 Å². The highest BCUT2D eigenvalue weighted by atomic mass is 15.0. The predicted octanol–water partition coefficient (Wildman–Crippen LogP) is 1.46. The predicted molar refractivity (Wildman–Crippen MR) is 65.3 cm³/mol. The molecule has 0 fully saturated rings. The number of nitrogens with two attached hydrogens (primary N) is 1. The maximum atomic E-state index is 5.41. The Morgan fingerprint density at radius 2 is 1.86 bits per heavy atom. The lowest BCUT2D eigenvalue weighted by Crippen LogP contribution is -2.32. The molecule has 0 bridgehead atoms. The van der Waals surface area contributed by atoms with Crippen LogP contribution in [0.25, 0.3) is 0 Å². The normalized spacial score (nSPS) is 11.2. The highest BCUT2D eigenvalue weighted by Crippen LogP contribution is 2.04. The molecule has 0 radical (unpaired) electrons. The van der Waals surface area contributed by atoms with Gasteiger partial charge in [0.25, 0.3) is 0 Å². The van der Waals surface area contributed by atoms with Crippen molar-refractivity contribution in [3.05, 3.63) is 12.3 Å². The molecule has 0 amide bonds. The third kappa shape index (κ3) is 8.08. The van der Waals surface area contributed by atoms with Gasteiger partial charge in [0, 0.05) is 18.8 Å². The van der Waals surface area contributed by atoms with E-state index in [4.69, 9.17) is 5.73 Å². The van der Waals surface area contributed by atoms with E-state index in [1.807, 2.05) is 27.9 Å². The van der Waals surface area contributed by atoms with Crippen LogP contribution in [0, 0.1) is 0 Å². The van der Waals surface area contributed by atoms with Crippen LogP contribution in [-0.2, 0) is 0 Å². The quantitative estimate of drug-likeness (QED) is 0.547. The minimum absolute atomic E-state index is 0.376. The van der Waals surface area contributed by atoms with Crippen LogP contribution in [0.3, 0.4) is 0 Å². The van der Waals surface area contributed by atoms with E-state index in [-0.39, 0.29) is 0 Å². The molecule has 0 aliphatic carbocycles. The van der Waals surface area contributed by atoms with E-state index >= 15 is 0 Å². The molecule has 3 nitrogen and oxygen atoms in total. The molecule has 1 unspecified atom stereocenters. The Labute approximate surface area is 89.1 Å². The van der Waals surface area contributed by atoms with Crippen LogP contribution in [0.2, 0.25) is 0 Å². The molecule has 86 valence electrons. The first-order valence-corrected chi connectivity index (χ1v) is 5.50. The Morgan fingerprint density at radius 1 is 1.29 bits per heavy atom. The van der Waals surface area contributed by atoms with E-state index in [1.54, 1.807) is 0 Å². The third-order valence-electron chi connectivity index (χ3n) is 2.04. The summed E-state index contributed by atoms with van der Waals surface area (Å²) in [5.41, 5.74) is 6.46. The van der Waals surface area contributed by atoms with Crippen molar-refractivity contribution >= 4 is 0 Å². The molecule has 4 N–H and O–H groups in total. The summed E-state index contributed by atoms with van der Waals surface area (Å²) in [4.78, 5) is 0. The Hall–Kier alpha value is -0.540. The minimum atomic E-state index is 0.376. The summed E-state index contributed by atoms with van der Waals surface area (Å²) in [6.45, 7) is 8.70. The Balaban J connectivity index is 0. The second-order valence-electron chi connectivity index (χ2n) is 2.90. The fourth-order valence-electron chi connectivity index (χ4n) is 1.16. The smallest absolute Gasteiger partial charge is 0.0460 e. The number of hydrogen-bond donors (Lipinski definition) is 3. The lowest BCUT2D eigenvalue weighted by atomic mass is 10.1. The van der Waals surface area contributed by atoms with E-state index < -0.39 is 0 Å². The fourth-order valence-corrected chi connectivity index (χ4v) is 1.16. The largest absolute Gasteiger partial charge is 0.391 e. The molecule has 3 heteroatoms. The van der Waals surface area contributed by atoms with Gasteiger partial charge < -0.3 is 16.4 Å². The van der Waals surface area contributed by atoms with Crippen molar-refractivity contribution in [3.63, 3.8) is 0 Å². The maximum absolute atomic E-state index is 5.41. The van der Waals surface area contributed by atoms with Gasteiger partial charge in [-0.15, -0.1) is 0 Å². The molecule has 0 aromatic rings. The van der Waals surface area contributed by atoms with Crippen molar-refractivity contribution < 1.29 is 0 Å². The van der Waals surface area contributed by atoms with Crippen molar-refractivity contribution in [2.24, 2.45) is 5.73 Å². The van der Waals surface area contributed by atoms with Gasteiger partial charge in [0.2, 0.25) is 0 Å². The highest BCUT2D eigenvalue weighted by Gasteiger charge is 2.07. The van der Waals surface area contributed by atoms with Gasteiger partial charge in [0.05, 0.1) is 0 Å². The number of nitrogens with one attached hydrogen (secondary N) is 2. The summed E-state index contributed by atoms with van der Waals surface area (Å²) in [5, 5.41) is 6.26. The van der Waals surface area contributed by atoms with Crippen molar-refractivity contribution in [2.45, 2.75) is 39.2 Å². The molecule has 0 aliphatic heterocycles. The Bertz CT molecular complexity index is 124. The molecule has 0 saturated heterocycles. The molecule has 0 aromatic heterocycles. The zero-order chi connectivity index (χ0) is 11.4. The third-order valence-corrected chi connectivity index (χ3v) is 2.04. The van der Waals surface area contributed by atoms with Crippen molar-refractivity contribution in [3.8, 4) is 0 Å².